The van der Waals surface area contributed by atoms with Crippen LogP contribution in [0.1, 0.15) is 109 Å². The molecule has 0 nitrogen and oxygen atoms in total. The van der Waals surface area contributed by atoms with Crippen LogP contribution in [-0.4, -0.2) is 0 Å². The highest BCUT2D eigenvalue weighted by molar-refractivity contribution is 7.23. The summed E-state index contributed by atoms with van der Waals surface area (Å²) >= 11 is 7.97. The minimum atomic E-state index is 0.146. The molecular weight excluding hydrogens is 597 g/mol. The van der Waals surface area contributed by atoms with Crippen molar-refractivity contribution in [3.05, 3.63) is 55.9 Å². The summed E-state index contributed by atoms with van der Waals surface area (Å²) in [7, 11) is 0. The van der Waals surface area contributed by atoms with E-state index in [0.29, 0.717) is 0 Å². The Bertz CT molecular complexity index is 2070. The molecule has 0 bridgehead atoms. The molecule has 0 atom stereocenters. The first kappa shape index (κ1) is 32.4. The molecule has 0 saturated carbocycles. The van der Waals surface area contributed by atoms with Crippen molar-refractivity contribution >= 4 is 107 Å². The van der Waals surface area contributed by atoms with Crippen molar-refractivity contribution in [3.63, 3.8) is 0 Å². The smallest absolute Gasteiger partial charge is 0.0431 e. The summed E-state index contributed by atoms with van der Waals surface area (Å²) in [6, 6.07) is 15.0. The largest absolute Gasteiger partial charge is 0.140 e. The zero-order valence-electron chi connectivity index (χ0n) is 28.2. The van der Waals surface area contributed by atoms with E-state index < -0.39 is 0 Å². The minimum absolute atomic E-state index is 0.146. The van der Waals surface area contributed by atoms with Crippen LogP contribution in [0.3, 0.4) is 0 Å². The summed E-state index contributed by atoms with van der Waals surface area (Å²) in [5.41, 5.74) is 0.293. The Morgan fingerprint density at radius 2 is 0.767 bits per heavy atom. The standard InChI is InChI=1S/C33H32S4.2C3H8/c1-9-17-11-19-25-15-27(33(6,7)8)37-31(25)23-12-20-22(13-21(23)29(19)35-17)30-24(14-26(36-30)32(3,4)5)18-10-16(2)34-28(18)20;2*1-3-2/h10-15H,9H2,1-8H3;2*3H2,1-2H3. The fourth-order valence-electron chi connectivity index (χ4n) is 5.60. The second-order valence-electron chi connectivity index (χ2n) is 14.0. The summed E-state index contributed by atoms with van der Waals surface area (Å²) in [5.74, 6) is 0. The van der Waals surface area contributed by atoms with E-state index >= 15 is 0 Å². The molecule has 0 spiro atoms. The first-order chi connectivity index (χ1) is 20.3. The van der Waals surface area contributed by atoms with Crippen molar-refractivity contribution in [1.82, 2.24) is 0 Å². The third-order valence-electron chi connectivity index (χ3n) is 7.65. The molecule has 0 N–H and O–H groups in total. The molecule has 4 heteroatoms. The SMILES string of the molecule is CCC.CCC.CCc1cc2c3cc(C(C)(C)C)sc3c3cc4c(cc3c2s1)c1sc(C(C)(C)C)cc1c1cc(C)sc14. The van der Waals surface area contributed by atoms with Crippen molar-refractivity contribution in [2.24, 2.45) is 0 Å². The maximum Gasteiger partial charge on any atom is 0.0431 e. The van der Waals surface area contributed by atoms with E-state index in [9.17, 15) is 0 Å². The highest BCUT2D eigenvalue weighted by Gasteiger charge is 2.24. The van der Waals surface area contributed by atoms with Crippen molar-refractivity contribution in [2.75, 3.05) is 0 Å². The molecule has 0 aliphatic carbocycles. The second kappa shape index (κ2) is 12.1. The van der Waals surface area contributed by atoms with Gasteiger partial charge in [0.2, 0.25) is 0 Å². The van der Waals surface area contributed by atoms with E-state index in [4.69, 9.17) is 0 Å². The topological polar surface area (TPSA) is 0 Å². The Kier molecular flexibility index (Phi) is 9.11. The van der Waals surface area contributed by atoms with Gasteiger partial charge in [0.25, 0.3) is 0 Å². The van der Waals surface area contributed by atoms with E-state index in [0.717, 1.165) is 6.42 Å². The van der Waals surface area contributed by atoms with Crippen molar-refractivity contribution < 1.29 is 0 Å². The third kappa shape index (κ3) is 5.78. The van der Waals surface area contributed by atoms with Crippen LogP contribution in [0.5, 0.6) is 0 Å². The summed E-state index contributed by atoms with van der Waals surface area (Å²) in [4.78, 5) is 5.82. The predicted octanol–water partition coefficient (Wildman–Crippen LogP) is 15.2. The molecule has 3 aromatic carbocycles. The summed E-state index contributed by atoms with van der Waals surface area (Å²) in [6.07, 6.45) is 3.59. The highest BCUT2D eigenvalue weighted by Crippen LogP contribution is 2.50. The van der Waals surface area contributed by atoms with E-state index in [-0.39, 0.29) is 10.8 Å². The van der Waals surface area contributed by atoms with Gasteiger partial charge >= 0.3 is 0 Å². The lowest BCUT2D eigenvalue weighted by atomic mass is 9.93. The summed E-state index contributed by atoms with van der Waals surface area (Å²) < 4.78 is 5.82. The lowest BCUT2D eigenvalue weighted by Crippen LogP contribution is -2.07. The minimum Gasteiger partial charge on any atom is -0.140 e. The molecule has 7 rings (SSSR count). The molecule has 228 valence electrons. The fourth-order valence-corrected chi connectivity index (χ4v) is 10.3. The number of benzene rings is 3. The van der Waals surface area contributed by atoms with Gasteiger partial charge in [0.15, 0.2) is 0 Å². The van der Waals surface area contributed by atoms with Gasteiger partial charge in [0, 0.05) is 81.4 Å². The van der Waals surface area contributed by atoms with Gasteiger partial charge in [-0.15, -0.1) is 45.3 Å². The Balaban J connectivity index is 0.000000569. The van der Waals surface area contributed by atoms with Gasteiger partial charge in [-0.05, 0) is 60.6 Å². The molecule has 0 unspecified atom stereocenters. The molecule has 4 aromatic heterocycles. The molecule has 4 heterocycles. The Morgan fingerprint density at radius 1 is 0.442 bits per heavy atom. The molecule has 0 saturated heterocycles. The third-order valence-corrected chi connectivity index (χ3v) is 13.2. The van der Waals surface area contributed by atoms with Crippen LogP contribution in [0.15, 0.2) is 36.4 Å². The van der Waals surface area contributed by atoms with E-state index in [2.05, 4.69) is 119 Å². The average molecular weight is 645 g/mol. The number of hydrogen-bond acceptors (Lipinski definition) is 4. The molecule has 0 amide bonds. The van der Waals surface area contributed by atoms with Crippen LogP contribution in [0.2, 0.25) is 0 Å². The van der Waals surface area contributed by atoms with Gasteiger partial charge in [-0.1, -0.05) is 89.0 Å². The van der Waals surface area contributed by atoms with Crippen LogP contribution in [0, 0.1) is 6.92 Å². The lowest BCUT2D eigenvalue weighted by Gasteiger charge is -2.15. The number of aryl methyl sites for hydroxylation is 2. The van der Waals surface area contributed by atoms with Crippen LogP contribution in [-0.2, 0) is 17.3 Å². The van der Waals surface area contributed by atoms with Gasteiger partial charge in [0.05, 0.1) is 0 Å². The van der Waals surface area contributed by atoms with Gasteiger partial charge < -0.3 is 0 Å². The normalized spacial score (nSPS) is 12.5. The lowest BCUT2D eigenvalue weighted by molar-refractivity contribution is 0.604. The van der Waals surface area contributed by atoms with Crippen LogP contribution < -0.4 is 0 Å². The van der Waals surface area contributed by atoms with Gasteiger partial charge in [-0.3, -0.25) is 0 Å². The number of hydrogen-bond donors (Lipinski definition) is 0. The zero-order valence-corrected chi connectivity index (χ0v) is 31.5. The number of thiophene rings is 4. The van der Waals surface area contributed by atoms with E-state index in [1.165, 1.54) is 94.2 Å². The molecule has 7 aromatic rings. The monoisotopic (exact) mass is 644 g/mol. The summed E-state index contributed by atoms with van der Waals surface area (Å²) in [6.45, 7) is 27.1. The maximum atomic E-state index is 2.55. The quantitative estimate of drug-likeness (QED) is 0.156. The molecule has 43 heavy (non-hydrogen) atoms. The van der Waals surface area contributed by atoms with Crippen LogP contribution in [0.4, 0.5) is 0 Å². The molecular formula is C39H48S4. The van der Waals surface area contributed by atoms with Gasteiger partial charge in [0.1, 0.15) is 0 Å². The Morgan fingerprint density at radius 3 is 1.16 bits per heavy atom. The summed E-state index contributed by atoms with van der Waals surface area (Å²) in [5, 5.41) is 11.5. The highest BCUT2D eigenvalue weighted by atomic mass is 32.1. The Labute approximate surface area is 274 Å². The molecule has 0 radical (unpaired) electrons. The average Bonchev–Trinajstić information content (AvgIpc) is 3.71. The Hall–Kier alpha value is -1.98. The number of fused-ring (bicyclic) bond motifs is 12. The molecule has 0 aliphatic rings. The van der Waals surface area contributed by atoms with Crippen LogP contribution >= 0.6 is 45.3 Å². The zero-order chi connectivity index (χ0) is 31.4. The van der Waals surface area contributed by atoms with Crippen molar-refractivity contribution in [2.45, 2.75) is 113 Å². The molecule has 0 fully saturated rings. The van der Waals surface area contributed by atoms with Crippen molar-refractivity contribution in [1.29, 1.82) is 0 Å². The first-order valence-electron chi connectivity index (χ1n) is 16.0. The maximum absolute atomic E-state index is 2.55. The van der Waals surface area contributed by atoms with Gasteiger partial charge in [-0.2, -0.15) is 0 Å². The molecule has 0 aliphatic heterocycles. The van der Waals surface area contributed by atoms with E-state index in [1.807, 2.05) is 45.3 Å². The van der Waals surface area contributed by atoms with Crippen molar-refractivity contribution in [3.8, 4) is 0 Å². The van der Waals surface area contributed by atoms with E-state index in [1.54, 1.807) is 0 Å². The number of rotatable bonds is 1. The predicted molar refractivity (Wildman–Crippen MR) is 206 cm³/mol. The fraction of sp³-hybridized carbons (Fsp3) is 0.436. The first-order valence-corrected chi connectivity index (χ1v) is 19.3. The second-order valence-corrected chi connectivity index (χ2v) is 18.5. The van der Waals surface area contributed by atoms with Gasteiger partial charge in [-0.25, -0.2) is 0 Å². The van der Waals surface area contributed by atoms with Crippen LogP contribution in [0.25, 0.3) is 61.9 Å².